The zero-order chi connectivity index (χ0) is 19.0. The van der Waals surface area contributed by atoms with Crippen LogP contribution in [0.15, 0.2) is 23.2 Å². The Morgan fingerprint density at radius 2 is 2.12 bits per heavy atom. The number of hydrogen-bond acceptors (Lipinski definition) is 4. The fourth-order valence-corrected chi connectivity index (χ4v) is 4.78. The third kappa shape index (κ3) is 6.52. The fourth-order valence-electron chi connectivity index (χ4n) is 2.92. The van der Waals surface area contributed by atoms with E-state index in [9.17, 15) is 8.42 Å². The normalized spacial score (nSPS) is 19.3. The van der Waals surface area contributed by atoms with Gasteiger partial charge in [0, 0.05) is 18.7 Å². The van der Waals surface area contributed by atoms with E-state index >= 15 is 0 Å². The van der Waals surface area contributed by atoms with Crippen LogP contribution in [0.4, 0.5) is 0 Å². The number of nitrogens with zero attached hydrogens (tertiary/aromatic N) is 1. The Bertz CT molecular complexity index is 717. The molecule has 0 bridgehead atoms. The lowest BCUT2D eigenvalue weighted by Gasteiger charge is -2.15. The number of sulfone groups is 1. The summed E-state index contributed by atoms with van der Waals surface area (Å²) in [7, 11) is -2.85. The Kier molecular flexibility index (Phi) is 7.75. The molecule has 1 aromatic rings. The van der Waals surface area contributed by atoms with E-state index in [-0.39, 0.29) is 11.7 Å². The van der Waals surface area contributed by atoms with E-state index in [1.165, 1.54) is 0 Å². The molecule has 0 amide bonds. The standard InChI is InChI=1S/C19H31N3O3S/c1-4-9-25-18-11-15(3)6-7-17(18)13-22-19(20-5-2)21-12-16-8-10-26(23,24)14-16/h6-7,11,16H,4-5,8-10,12-14H2,1-3H3,(H2,20,21,22). The van der Waals surface area contributed by atoms with E-state index in [0.717, 1.165) is 36.3 Å². The summed E-state index contributed by atoms with van der Waals surface area (Å²) in [6, 6.07) is 6.16. The summed E-state index contributed by atoms with van der Waals surface area (Å²) in [5, 5.41) is 6.50. The van der Waals surface area contributed by atoms with E-state index in [4.69, 9.17) is 4.74 Å². The third-order valence-electron chi connectivity index (χ3n) is 4.32. The van der Waals surface area contributed by atoms with Gasteiger partial charge < -0.3 is 15.4 Å². The number of aryl methyl sites for hydroxylation is 1. The van der Waals surface area contributed by atoms with Crippen molar-refractivity contribution in [2.75, 3.05) is 31.2 Å². The molecule has 2 N–H and O–H groups in total. The number of rotatable bonds is 8. The SMILES string of the molecule is CCCOc1cc(C)ccc1CN=C(NCC)NCC1CCS(=O)(=O)C1. The summed E-state index contributed by atoms with van der Waals surface area (Å²) in [4.78, 5) is 4.64. The first-order valence-electron chi connectivity index (χ1n) is 9.38. The first kappa shape index (κ1) is 20.6. The highest BCUT2D eigenvalue weighted by Gasteiger charge is 2.27. The highest BCUT2D eigenvalue weighted by molar-refractivity contribution is 7.91. The van der Waals surface area contributed by atoms with Gasteiger partial charge in [0.15, 0.2) is 15.8 Å². The maximum atomic E-state index is 11.6. The van der Waals surface area contributed by atoms with E-state index in [1.54, 1.807) is 0 Å². The zero-order valence-electron chi connectivity index (χ0n) is 16.0. The Balaban J connectivity index is 2.00. The molecule has 1 unspecified atom stereocenters. The molecule has 146 valence electrons. The van der Waals surface area contributed by atoms with Crippen molar-refractivity contribution >= 4 is 15.8 Å². The lowest BCUT2D eigenvalue weighted by molar-refractivity contribution is 0.314. The molecule has 0 aliphatic carbocycles. The average molecular weight is 382 g/mol. The third-order valence-corrected chi connectivity index (χ3v) is 6.16. The second-order valence-corrected chi connectivity index (χ2v) is 9.03. The Labute approximate surface area is 157 Å². The van der Waals surface area contributed by atoms with Gasteiger partial charge in [-0.05, 0) is 44.2 Å². The van der Waals surface area contributed by atoms with Gasteiger partial charge >= 0.3 is 0 Å². The summed E-state index contributed by atoms with van der Waals surface area (Å²) < 4.78 is 29.0. The van der Waals surface area contributed by atoms with Gasteiger partial charge in [0.05, 0.1) is 24.7 Å². The van der Waals surface area contributed by atoms with Crippen LogP contribution in [0.5, 0.6) is 5.75 Å². The second-order valence-electron chi connectivity index (χ2n) is 6.80. The molecular weight excluding hydrogens is 350 g/mol. The van der Waals surface area contributed by atoms with Gasteiger partial charge in [-0.2, -0.15) is 0 Å². The van der Waals surface area contributed by atoms with Crippen LogP contribution in [0.3, 0.4) is 0 Å². The van der Waals surface area contributed by atoms with Gasteiger partial charge in [-0.15, -0.1) is 0 Å². The second kappa shape index (κ2) is 9.80. The zero-order valence-corrected chi connectivity index (χ0v) is 16.9. The first-order valence-corrected chi connectivity index (χ1v) is 11.2. The van der Waals surface area contributed by atoms with Crippen molar-refractivity contribution in [2.45, 2.75) is 40.2 Å². The molecule has 0 saturated carbocycles. The van der Waals surface area contributed by atoms with Gasteiger partial charge in [-0.25, -0.2) is 13.4 Å². The van der Waals surface area contributed by atoms with E-state index in [2.05, 4.69) is 34.7 Å². The summed E-state index contributed by atoms with van der Waals surface area (Å²) in [5.41, 5.74) is 2.21. The monoisotopic (exact) mass is 381 g/mol. The maximum Gasteiger partial charge on any atom is 0.191 e. The number of guanidine groups is 1. The number of ether oxygens (including phenoxy) is 1. The first-order chi connectivity index (χ1) is 12.4. The van der Waals surface area contributed by atoms with E-state index in [1.807, 2.05) is 19.9 Å². The van der Waals surface area contributed by atoms with Crippen molar-refractivity contribution in [2.24, 2.45) is 10.9 Å². The largest absolute Gasteiger partial charge is 0.493 e. The fraction of sp³-hybridized carbons (Fsp3) is 0.632. The Morgan fingerprint density at radius 1 is 1.31 bits per heavy atom. The topological polar surface area (TPSA) is 79.8 Å². The number of hydrogen-bond donors (Lipinski definition) is 2. The van der Waals surface area contributed by atoms with Crippen molar-refractivity contribution < 1.29 is 13.2 Å². The average Bonchev–Trinajstić information content (AvgIpc) is 2.95. The minimum absolute atomic E-state index is 0.159. The Morgan fingerprint density at radius 3 is 2.77 bits per heavy atom. The quantitative estimate of drug-likeness (QED) is 0.533. The molecule has 26 heavy (non-hydrogen) atoms. The number of benzene rings is 1. The van der Waals surface area contributed by atoms with Gasteiger partial charge in [0.2, 0.25) is 0 Å². The molecule has 1 fully saturated rings. The molecule has 6 nitrogen and oxygen atoms in total. The molecule has 0 spiro atoms. The predicted octanol–water partition coefficient (Wildman–Crippen LogP) is 2.27. The van der Waals surface area contributed by atoms with Crippen LogP contribution in [-0.4, -0.2) is 45.6 Å². The van der Waals surface area contributed by atoms with Crippen LogP contribution in [0, 0.1) is 12.8 Å². The van der Waals surface area contributed by atoms with E-state index < -0.39 is 9.84 Å². The molecule has 2 rings (SSSR count). The lowest BCUT2D eigenvalue weighted by atomic mass is 10.1. The molecule has 1 aliphatic rings. The molecule has 1 aromatic carbocycles. The summed E-state index contributed by atoms with van der Waals surface area (Å²) >= 11 is 0. The predicted molar refractivity (Wildman–Crippen MR) is 107 cm³/mol. The summed E-state index contributed by atoms with van der Waals surface area (Å²) in [6.45, 7) is 8.72. The van der Waals surface area contributed by atoms with Gasteiger partial charge in [-0.3, -0.25) is 0 Å². The van der Waals surface area contributed by atoms with E-state index in [0.29, 0.717) is 31.4 Å². The lowest BCUT2D eigenvalue weighted by Crippen LogP contribution is -2.40. The molecule has 1 saturated heterocycles. The molecule has 1 heterocycles. The molecule has 0 radical (unpaired) electrons. The molecule has 0 aromatic heterocycles. The van der Waals surface area contributed by atoms with Crippen LogP contribution >= 0.6 is 0 Å². The molecule has 1 atom stereocenters. The summed E-state index contributed by atoms with van der Waals surface area (Å²) in [5.74, 6) is 2.32. The van der Waals surface area contributed by atoms with Crippen LogP contribution in [-0.2, 0) is 16.4 Å². The number of aliphatic imine (C=N–C) groups is 1. The molecular formula is C19H31N3O3S. The minimum atomic E-state index is -2.85. The van der Waals surface area contributed by atoms with Crippen LogP contribution < -0.4 is 15.4 Å². The smallest absolute Gasteiger partial charge is 0.191 e. The van der Waals surface area contributed by atoms with Crippen molar-refractivity contribution in [1.29, 1.82) is 0 Å². The van der Waals surface area contributed by atoms with Crippen LogP contribution in [0.2, 0.25) is 0 Å². The Hall–Kier alpha value is -1.76. The highest BCUT2D eigenvalue weighted by atomic mass is 32.2. The van der Waals surface area contributed by atoms with Gasteiger partial charge in [0.25, 0.3) is 0 Å². The van der Waals surface area contributed by atoms with Crippen molar-refractivity contribution in [1.82, 2.24) is 10.6 Å². The van der Waals surface area contributed by atoms with Gasteiger partial charge in [0.1, 0.15) is 5.75 Å². The number of nitrogens with one attached hydrogen (secondary N) is 2. The van der Waals surface area contributed by atoms with Crippen LogP contribution in [0.25, 0.3) is 0 Å². The van der Waals surface area contributed by atoms with Crippen molar-refractivity contribution in [3.8, 4) is 5.75 Å². The minimum Gasteiger partial charge on any atom is -0.493 e. The van der Waals surface area contributed by atoms with Crippen molar-refractivity contribution in [3.05, 3.63) is 29.3 Å². The molecule has 1 aliphatic heterocycles. The molecule has 7 heteroatoms. The van der Waals surface area contributed by atoms with Gasteiger partial charge in [-0.1, -0.05) is 19.1 Å². The maximum absolute atomic E-state index is 11.6. The van der Waals surface area contributed by atoms with Crippen molar-refractivity contribution in [3.63, 3.8) is 0 Å². The summed E-state index contributed by atoms with van der Waals surface area (Å²) in [6.07, 6.45) is 1.69. The van der Waals surface area contributed by atoms with Crippen LogP contribution in [0.1, 0.15) is 37.8 Å². The highest BCUT2D eigenvalue weighted by Crippen LogP contribution is 2.21.